The number of hydrogen-bond acceptors (Lipinski definition) is 3. The number of ether oxygens (including phenoxy) is 1. The van der Waals surface area contributed by atoms with Crippen LogP contribution in [0.1, 0.15) is 20.8 Å². The molecule has 0 saturated carbocycles. The van der Waals surface area contributed by atoms with Crippen molar-refractivity contribution in [1.82, 2.24) is 4.57 Å². The van der Waals surface area contributed by atoms with E-state index in [0.717, 1.165) is 0 Å². The minimum Gasteiger partial charge on any atom is -0.495 e. The molecule has 0 bridgehead atoms. The predicted molar refractivity (Wildman–Crippen MR) is 61.8 cm³/mol. The van der Waals surface area contributed by atoms with Crippen molar-refractivity contribution in [3.8, 4) is 5.75 Å². The Kier molecular flexibility index (Phi) is 2.59. The van der Waals surface area contributed by atoms with Crippen LogP contribution in [-0.2, 0) is 7.05 Å². The predicted octanol–water partition coefficient (Wildman–Crippen LogP) is 1.70. The second-order valence-electron chi connectivity index (χ2n) is 3.60. The fourth-order valence-corrected chi connectivity index (χ4v) is 2.05. The number of carboxylic acid groups (broad SMARTS) is 1. The lowest BCUT2D eigenvalue weighted by atomic mass is 10.1. The van der Waals surface area contributed by atoms with Crippen LogP contribution in [-0.4, -0.2) is 29.0 Å². The van der Waals surface area contributed by atoms with Gasteiger partial charge in [0.1, 0.15) is 11.4 Å². The standard InChI is InChI=1S/C12H11NO4/c1-13-10-7(4-3-5-9(10)17-2)8(6-14)11(13)12(15)16/h3-6H,1-2H3,(H,15,16). The largest absolute Gasteiger partial charge is 0.495 e. The van der Waals surface area contributed by atoms with Crippen molar-refractivity contribution in [2.75, 3.05) is 7.11 Å². The Morgan fingerprint density at radius 2 is 2.18 bits per heavy atom. The van der Waals surface area contributed by atoms with Crippen LogP contribution < -0.4 is 4.74 Å². The van der Waals surface area contributed by atoms with Crippen molar-refractivity contribution in [3.63, 3.8) is 0 Å². The van der Waals surface area contributed by atoms with Gasteiger partial charge in [-0.15, -0.1) is 0 Å². The molecule has 5 nitrogen and oxygen atoms in total. The van der Waals surface area contributed by atoms with Crippen LogP contribution >= 0.6 is 0 Å². The van der Waals surface area contributed by atoms with Crippen LogP contribution in [0.15, 0.2) is 18.2 Å². The monoisotopic (exact) mass is 233 g/mol. The summed E-state index contributed by atoms with van der Waals surface area (Å²) in [6.45, 7) is 0. The molecular formula is C12H11NO4. The summed E-state index contributed by atoms with van der Waals surface area (Å²) in [7, 11) is 3.10. The van der Waals surface area contributed by atoms with E-state index in [1.54, 1.807) is 25.2 Å². The molecule has 0 aliphatic carbocycles. The molecule has 0 spiro atoms. The SMILES string of the molecule is COc1cccc2c(C=O)c(C(=O)O)n(C)c12. The van der Waals surface area contributed by atoms with Gasteiger partial charge >= 0.3 is 5.97 Å². The Bertz CT molecular complexity index is 612. The van der Waals surface area contributed by atoms with Gasteiger partial charge < -0.3 is 14.4 Å². The van der Waals surface area contributed by atoms with Gasteiger partial charge in [0.2, 0.25) is 0 Å². The van der Waals surface area contributed by atoms with E-state index in [1.807, 2.05) is 0 Å². The number of para-hydroxylation sites is 1. The number of aromatic nitrogens is 1. The van der Waals surface area contributed by atoms with Crippen LogP contribution in [0.4, 0.5) is 0 Å². The normalized spacial score (nSPS) is 10.5. The highest BCUT2D eigenvalue weighted by atomic mass is 16.5. The van der Waals surface area contributed by atoms with E-state index in [1.165, 1.54) is 11.7 Å². The lowest BCUT2D eigenvalue weighted by Gasteiger charge is -2.04. The maximum atomic E-state index is 11.2. The number of carbonyl (C=O) groups excluding carboxylic acids is 1. The molecule has 2 aromatic rings. The number of carboxylic acids is 1. The average Bonchev–Trinajstić information content (AvgIpc) is 2.62. The third-order valence-electron chi connectivity index (χ3n) is 2.76. The number of methoxy groups -OCH3 is 1. The van der Waals surface area contributed by atoms with Crippen LogP contribution in [0.3, 0.4) is 0 Å². The third kappa shape index (κ3) is 1.47. The van der Waals surface area contributed by atoms with Crippen molar-refractivity contribution in [1.29, 1.82) is 0 Å². The van der Waals surface area contributed by atoms with Gasteiger partial charge in [-0.25, -0.2) is 4.79 Å². The summed E-state index contributed by atoms with van der Waals surface area (Å²) < 4.78 is 6.63. The lowest BCUT2D eigenvalue weighted by Crippen LogP contribution is -2.07. The summed E-state index contributed by atoms with van der Waals surface area (Å²) in [6, 6.07) is 5.15. The Morgan fingerprint density at radius 1 is 1.47 bits per heavy atom. The highest BCUT2D eigenvalue weighted by molar-refractivity contribution is 6.09. The van der Waals surface area contributed by atoms with E-state index in [0.29, 0.717) is 22.9 Å². The quantitative estimate of drug-likeness (QED) is 0.819. The molecular weight excluding hydrogens is 222 g/mol. The Morgan fingerprint density at radius 3 is 2.71 bits per heavy atom. The third-order valence-corrected chi connectivity index (χ3v) is 2.76. The smallest absolute Gasteiger partial charge is 0.353 e. The Hall–Kier alpha value is -2.30. The van der Waals surface area contributed by atoms with E-state index in [4.69, 9.17) is 9.84 Å². The zero-order valence-corrected chi connectivity index (χ0v) is 9.43. The molecule has 5 heteroatoms. The number of fused-ring (bicyclic) bond motifs is 1. The topological polar surface area (TPSA) is 68.5 Å². The van der Waals surface area contributed by atoms with E-state index in [2.05, 4.69) is 0 Å². The van der Waals surface area contributed by atoms with Crippen LogP contribution in [0.2, 0.25) is 0 Å². The molecule has 0 aliphatic rings. The average molecular weight is 233 g/mol. The van der Waals surface area contributed by atoms with Crippen molar-refractivity contribution in [2.24, 2.45) is 7.05 Å². The molecule has 1 aromatic carbocycles. The number of rotatable bonds is 3. The first-order valence-electron chi connectivity index (χ1n) is 4.95. The summed E-state index contributed by atoms with van der Waals surface area (Å²) in [5, 5.41) is 9.70. The zero-order valence-electron chi connectivity index (χ0n) is 9.43. The molecule has 0 amide bonds. The highest BCUT2D eigenvalue weighted by Gasteiger charge is 2.21. The molecule has 0 saturated heterocycles. The van der Waals surface area contributed by atoms with Gasteiger partial charge in [-0.1, -0.05) is 12.1 Å². The molecule has 0 unspecified atom stereocenters. The van der Waals surface area contributed by atoms with Crippen molar-refractivity contribution >= 4 is 23.2 Å². The number of hydrogen-bond donors (Lipinski definition) is 1. The van der Waals surface area contributed by atoms with E-state index in [9.17, 15) is 9.59 Å². The number of nitrogens with zero attached hydrogens (tertiary/aromatic N) is 1. The fourth-order valence-electron chi connectivity index (χ4n) is 2.05. The molecule has 0 radical (unpaired) electrons. The van der Waals surface area contributed by atoms with Gasteiger partial charge in [-0.2, -0.15) is 0 Å². The van der Waals surface area contributed by atoms with Gasteiger partial charge in [0.25, 0.3) is 0 Å². The van der Waals surface area contributed by atoms with Crippen molar-refractivity contribution < 1.29 is 19.4 Å². The molecule has 17 heavy (non-hydrogen) atoms. The Balaban J connectivity index is 2.98. The molecule has 1 aromatic heterocycles. The number of benzene rings is 1. The maximum absolute atomic E-state index is 11.2. The first-order valence-corrected chi connectivity index (χ1v) is 4.95. The lowest BCUT2D eigenvalue weighted by molar-refractivity contribution is 0.0684. The number of aromatic carboxylic acids is 1. The van der Waals surface area contributed by atoms with E-state index < -0.39 is 5.97 Å². The first-order chi connectivity index (χ1) is 8.11. The molecule has 88 valence electrons. The molecule has 0 fully saturated rings. The van der Waals surface area contributed by atoms with Crippen LogP contribution in [0, 0.1) is 0 Å². The first kappa shape index (κ1) is 11.2. The number of aryl methyl sites for hydroxylation is 1. The highest BCUT2D eigenvalue weighted by Crippen LogP contribution is 2.31. The van der Waals surface area contributed by atoms with E-state index in [-0.39, 0.29) is 11.3 Å². The summed E-state index contributed by atoms with van der Waals surface area (Å²) in [5.74, 6) is -0.589. The van der Waals surface area contributed by atoms with Gasteiger partial charge in [0, 0.05) is 12.4 Å². The minimum atomic E-state index is -1.13. The van der Waals surface area contributed by atoms with Crippen LogP contribution in [0.5, 0.6) is 5.75 Å². The van der Waals surface area contributed by atoms with Crippen molar-refractivity contribution in [3.05, 3.63) is 29.5 Å². The summed E-state index contributed by atoms with van der Waals surface area (Å²) >= 11 is 0. The molecule has 0 aliphatic heterocycles. The summed E-state index contributed by atoms with van der Waals surface area (Å²) in [6.07, 6.45) is 0.561. The maximum Gasteiger partial charge on any atom is 0.353 e. The number of aldehydes is 1. The molecule has 1 heterocycles. The number of carbonyl (C=O) groups is 2. The second-order valence-corrected chi connectivity index (χ2v) is 3.60. The minimum absolute atomic E-state index is 0.0282. The molecule has 1 N–H and O–H groups in total. The van der Waals surface area contributed by atoms with Crippen LogP contribution in [0.25, 0.3) is 10.9 Å². The molecule has 2 rings (SSSR count). The van der Waals surface area contributed by atoms with Crippen molar-refractivity contribution in [2.45, 2.75) is 0 Å². The van der Waals surface area contributed by atoms with Gasteiger partial charge in [0.05, 0.1) is 18.2 Å². The van der Waals surface area contributed by atoms with Gasteiger partial charge in [0.15, 0.2) is 6.29 Å². The summed E-state index contributed by atoms with van der Waals surface area (Å²) in [4.78, 5) is 22.2. The zero-order chi connectivity index (χ0) is 12.6. The Labute approximate surface area is 97.2 Å². The van der Waals surface area contributed by atoms with Gasteiger partial charge in [-0.05, 0) is 6.07 Å². The summed E-state index contributed by atoms with van der Waals surface area (Å²) in [5.41, 5.74) is 0.753. The van der Waals surface area contributed by atoms with E-state index >= 15 is 0 Å². The second kappa shape index (κ2) is 3.93. The van der Waals surface area contributed by atoms with Gasteiger partial charge in [-0.3, -0.25) is 4.79 Å². The fraction of sp³-hybridized carbons (Fsp3) is 0.167. The molecule has 0 atom stereocenters.